The van der Waals surface area contributed by atoms with E-state index in [1.165, 1.54) is 0 Å². The lowest BCUT2D eigenvalue weighted by atomic mass is 10.4. The average molecular weight is 308 g/mol. The van der Waals surface area contributed by atoms with Crippen LogP contribution in [0.3, 0.4) is 0 Å². The summed E-state index contributed by atoms with van der Waals surface area (Å²) in [5, 5.41) is 9.93. The van der Waals surface area contributed by atoms with Gasteiger partial charge in [0.25, 0.3) is 0 Å². The molecule has 0 aliphatic carbocycles. The van der Waals surface area contributed by atoms with Gasteiger partial charge in [-0.05, 0) is 25.2 Å². The standard InChI is InChI=1S/C12H15Cl2NO2S/c1-15(5-4-12(16)17)6-7-18-11-8-9(13)2-3-10(11)14/h2-3,8H,4-7H2,1H3,(H,16,17). The molecule has 0 amide bonds. The van der Waals surface area contributed by atoms with E-state index in [2.05, 4.69) is 0 Å². The number of carboxylic acids is 1. The molecule has 0 heterocycles. The van der Waals surface area contributed by atoms with Crippen molar-refractivity contribution in [1.29, 1.82) is 0 Å². The fourth-order valence-electron chi connectivity index (χ4n) is 1.30. The number of thioether (sulfide) groups is 1. The number of hydrogen-bond acceptors (Lipinski definition) is 3. The SMILES string of the molecule is CN(CCSc1cc(Cl)ccc1Cl)CCC(=O)O. The van der Waals surface area contributed by atoms with Crippen molar-refractivity contribution < 1.29 is 9.90 Å². The zero-order valence-electron chi connectivity index (χ0n) is 10.0. The van der Waals surface area contributed by atoms with Gasteiger partial charge in [-0.1, -0.05) is 23.2 Å². The lowest BCUT2D eigenvalue weighted by Gasteiger charge is -2.15. The molecule has 0 spiro atoms. The van der Waals surface area contributed by atoms with Gasteiger partial charge in [-0.3, -0.25) is 4.79 Å². The quantitative estimate of drug-likeness (QED) is 0.783. The van der Waals surface area contributed by atoms with Crippen molar-refractivity contribution in [2.24, 2.45) is 0 Å². The van der Waals surface area contributed by atoms with Crippen LogP contribution in [0.25, 0.3) is 0 Å². The summed E-state index contributed by atoms with van der Waals surface area (Å²) in [6.45, 7) is 1.36. The van der Waals surface area contributed by atoms with Crippen molar-refractivity contribution in [3.05, 3.63) is 28.2 Å². The number of aliphatic carboxylic acids is 1. The van der Waals surface area contributed by atoms with Crippen LogP contribution >= 0.6 is 35.0 Å². The number of carbonyl (C=O) groups is 1. The molecule has 0 fully saturated rings. The van der Waals surface area contributed by atoms with E-state index in [1.807, 2.05) is 18.0 Å². The molecule has 18 heavy (non-hydrogen) atoms. The molecule has 0 aromatic heterocycles. The number of halogens is 2. The fraction of sp³-hybridized carbons (Fsp3) is 0.417. The van der Waals surface area contributed by atoms with Crippen LogP contribution in [-0.2, 0) is 4.79 Å². The molecule has 100 valence electrons. The Morgan fingerprint density at radius 1 is 1.39 bits per heavy atom. The van der Waals surface area contributed by atoms with Crippen LogP contribution in [0.1, 0.15) is 6.42 Å². The Morgan fingerprint density at radius 3 is 2.78 bits per heavy atom. The second kappa shape index (κ2) is 7.89. The molecule has 1 aromatic rings. The summed E-state index contributed by atoms with van der Waals surface area (Å²) < 4.78 is 0. The molecule has 0 aliphatic heterocycles. The van der Waals surface area contributed by atoms with E-state index < -0.39 is 5.97 Å². The van der Waals surface area contributed by atoms with Gasteiger partial charge in [0, 0.05) is 28.8 Å². The predicted molar refractivity (Wildman–Crippen MR) is 76.9 cm³/mol. The summed E-state index contributed by atoms with van der Waals surface area (Å²) in [5.41, 5.74) is 0. The van der Waals surface area contributed by atoms with E-state index >= 15 is 0 Å². The first-order valence-corrected chi connectivity index (χ1v) is 7.21. The van der Waals surface area contributed by atoms with Crippen LogP contribution < -0.4 is 0 Å². The molecule has 0 saturated carbocycles. The minimum Gasteiger partial charge on any atom is -0.481 e. The third kappa shape index (κ3) is 5.96. The second-order valence-corrected chi connectivity index (χ2v) is 5.85. The number of benzene rings is 1. The summed E-state index contributed by atoms with van der Waals surface area (Å²) >= 11 is 13.6. The zero-order valence-corrected chi connectivity index (χ0v) is 12.4. The number of rotatable bonds is 7. The highest BCUT2D eigenvalue weighted by molar-refractivity contribution is 7.99. The van der Waals surface area contributed by atoms with Crippen molar-refractivity contribution in [3.63, 3.8) is 0 Å². The van der Waals surface area contributed by atoms with Crippen molar-refractivity contribution >= 4 is 40.9 Å². The van der Waals surface area contributed by atoms with Gasteiger partial charge in [0.1, 0.15) is 0 Å². The molecule has 0 radical (unpaired) electrons. The highest BCUT2D eigenvalue weighted by Gasteiger charge is 2.05. The summed E-state index contributed by atoms with van der Waals surface area (Å²) in [5.74, 6) is 0.0725. The number of carboxylic acid groups (broad SMARTS) is 1. The minimum absolute atomic E-state index is 0.166. The van der Waals surface area contributed by atoms with Crippen LogP contribution in [0.2, 0.25) is 10.0 Å². The topological polar surface area (TPSA) is 40.5 Å². The molecule has 0 saturated heterocycles. The van der Waals surface area contributed by atoms with Gasteiger partial charge in [0.05, 0.1) is 11.4 Å². The molecule has 6 heteroatoms. The molecule has 3 nitrogen and oxygen atoms in total. The normalized spacial score (nSPS) is 10.9. The third-order valence-corrected chi connectivity index (χ3v) is 4.04. The number of nitrogens with zero attached hydrogens (tertiary/aromatic N) is 1. The Balaban J connectivity index is 2.32. The first kappa shape index (κ1) is 15.6. The maximum absolute atomic E-state index is 10.4. The van der Waals surface area contributed by atoms with E-state index in [0.717, 1.165) is 17.2 Å². The van der Waals surface area contributed by atoms with E-state index in [1.54, 1.807) is 23.9 Å². The van der Waals surface area contributed by atoms with Gasteiger partial charge in [-0.2, -0.15) is 0 Å². The van der Waals surface area contributed by atoms with E-state index in [4.69, 9.17) is 28.3 Å². The van der Waals surface area contributed by atoms with Gasteiger partial charge >= 0.3 is 5.97 Å². The monoisotopic (exact) mass is 307 g/mol. The highest BCUT2D eigenvalue weighted by Crippen LogP contribution is 2.29. The lowest BCUT2D eigenvalue weighted by Crippen LogP contribution is -2.24. The van der Waals surface area contributed by atoms with Crippen LogP contribution in [0.5, 0.6) is 0 Å². The molecule has 0 bridgehead atoms. The minimum atomic E-state index is -0.771. The van der Waals surface area contributed by atoms with Crippen LogP contribution in [0.4, 0.5) is 0 Å². The first-order valence-electron chi connectivity index (χ1n) is 5.47. The van der Waals surface area contributed by atoms with Gasteiger partial charge < -0.3 is 10.0 Å². The van der Waals surface area contributed by atoms with E-state index in [9.17, 15) is 4.79 Å². The number of hydrogen-bond donors (Lipinski definition) is 1. The molecule has 1 rings (SSSR count). The summed E-state index contributed by atoms with van der Waals surface area (Å²) in [4.78, 5) is 13.4. The van der Waals surface area contributed by atoms with Crippen molar-refractivity contribution in [1.82, 2.24) is 4.90 Å². The Kier molecular flexibility index (Phi) is 6.86. The van der Waals surface area contributed by atoms with Gasteiger partial charge in [0.15, 0.2) is 0 Å². The van der Waals surface area contributed by atoms with Gasteiger partial charge in [-0.25, -0.2) is 0 Å². The van der Waals surface area contributed by atoms with Gasteiger partial charge in [-0.15, -0.1) is 11.8 Å². The molecule has 0 unspecified atom stereocenters. The third-order valence-electron chi connectivity index (χ3n) is 2.33. The van der Waals surface area contributed by atoms with E-state index in [0.29, 0.717) is 16.6 Å². The highest BCUT2D eigenvalue weighted by atomic mass is 35.5. The van der Waals surface area contributed by atoms with E-state index in [-0.39, 0.29) is 6.42 Å². The van der Waals surface area contributed by atoms with Crippen molar-refractivity contribution in [3.8, 4) is 0 Å². The Morgan fingerprint density at radius 2 is 2.11 bits per heavy atom. The fourth-order valence-corrected chi connectivity index (χ4v) is 2.85. The Bertz CT molecular complexity index is 415. The maximum Gasteiger partial charge on any atom is 0.304 e. The summed E-state index contributed by atoms with van der Waals surface area (Å²) in [6, 6.07) is 5.37. The second-order valence-electron chi connectivity index (χ2n) is 3.87. The van der Waals surface area contributed by atoms with Gasteiger partial charge in [0.2, 0.25) is 0 Å². The summed E-state index contributed by atoms with van der Waals surface area (Å²) in [6.07, 6.45) is 0.166. The van der Waals surface area contributed by atoms with Crippen molar-refractivity contribution in [2.45, 2.75) is 11.3 Å². The molecule has 1 N–H and O–H groups in total. The first-order chi connectivity index (χ1) is 8.49. The molecular weight excluding hydrogens is 293 g/mol. The Hall–Kier alpha value is -0.420. The molecular formula is C12H15Cl2NO2S. The lowest BCUT2D eigenvalue weighted by molar-refractivity contribution is -0.137. The predicted octanol–water partition coefficient (Wildman–Crippen LogP) is 3.49. The smallest absolute Gasteiger partial charge is 0.304 e. The largest absolute Gasteiger partial charge is 0.481 e. The van der Waals surface area contributed by atoms with Crippen LogP contribution in [0, 0.1) is 0 Å². The maximum atomic E-state index is 10.4. The zero-order chi connectivity index (χ0) is 13.5. The average Bonchev–Trinajstić information content (AvgIpc) is 2.31. The van der Waals surface area contributed by atoms with Crippen molar-refractivity contribution in [2.75, 3.05) is 25.9 Å². The van der Waals surface area contributed by atoms with Crippen LogP contribution in [0.15, 0.2) is 23.1 Å². The molecule has 1 aromatic carbocycles. The summed E-state index contributed by atoms with van der Waals surface area (Å²) in [7, 11) is 1.91. The Labute approximate surface area is 121 Å². The van der Waals surface area contributed by atoms with Crippen LogP contribution in [-0.4, -0.2) is 41.9 Å². The molecule has 0 aliphatic rings. The molecule has 0 atom stereocenters.